The zero-order chi connectivity index (χ0) is 30.9. The highest BCUT2D eigenvalue weighted by atomic mass is 19.4. The molecule has 4 aromatic rings. The van der Waals surface area contributed by atoms with Crippen LogP contribution in [0.1, 0.15) is 54.6 Å². The van der Waals surface area contributed by atoms with Gasteiger partial charge in [-0.2, -0.15) is 26.3 Å². The number of amides is 1. The van der Waals surface area contributed by atoms with Crippen molar-refractivity contribution in [2.24, 2.45) is 5.92 Å². The highest BCUT2D eigenvalue weighted by Gasteiger charge is 2.55. The standard InChI is InChI=1S/C30H27F6N5O2/c1-28(43,19-3-2-4-20(13-19)29(31,32)33)18-8-5-16(6-9-18)24-25-26(37)38-11-12-40(25)27(39-24)17-7-10-22-21(30(34,35)36)14-23(42)41(22)15-17/h2-6,8-9,11-13,17,21-22,43H,7,10,14-15H2,1H3,(H2,37,38)/t17-,21?,22?,28-/m1/s1. The SMILES string of the molecule is C[C@@](O)(c1ccc(-c2nc([C@@H]3CCC4C(C(F)(F)F)CC(=O)N4C3)n3ccnc(N)c23)cc1)c1cccc(C(F)(F)F)c1. The average molecular weight is 604 g/mol. The number of halogens is 6. The van der Waals surface area contributed by atoms with E-state index in [0.717, 1.165) is 12.1 Å². The predicted octanol–water partition coefficient (Wildman–Crippen LogP) is 5.91. The minimum absolute atomic E-state index is 0.0677. The molecule has 0 saturated carbocycles. The van der Waals surface area contributed by atoms with Crippen LogP contribution < -0.4 is 5.73 Å². The highest BCUT2D eigenvalue weighted by Crippen LogP contribution is 2.45. The lowest BCUT2D eigenvalue weighted by molar-refractivity contribution is -0.182. The van der Waals surface area contributed by atoms with Gasteiger partial charge in [-0.15, -0.1) is 0 Å². The molecule has 2 aromatic carbocycles. The maximum absolute atomic E-state index is 13.6. The van der Waals surface area contributed by atoms with Crippen LogP contribution in [-0.2, 0) is 16.6 Å². The lowest BCUT2D eigenvalue weighted by atomic mass is 9.86. The topological polar surface area (TPSA) is 96.8 Å². The summed E-state index contributed by atoms with van der Waals surface area (Å²) in [5.74, 6) is -1.86. The number of nitrogens with zero attached hydrogens (tertiary/aromatic N) is 4. The molecule has 2 unspecified atom stereocenters. The molecule has 226 valence electrons. The van der Waals surface area contributed by atoms with Gasteiger partial charge in [-0.1, -0.05) is 36.4 Å². The number of aromatic nitrogens is 3. The van der Waals surface area contributed by atoms with E-state index in [0.29, 0.717) is 34.6 Å². The highest BCUT2D eigenvalue weighted by molar-refractivity contribution is 5.85. The summed E-state index contributed by atoms with van der Waals surface area (Å²) in [4.78, 5) is 22.9. The minimum Gasteiger partial charge on any atom is -0.382 e. The summed E-state index contributed by atoms with van der Waals surface area (Å²) >= 11 is 0. The number of imidazole rings is 1. The van der Waals surface area contributed by atoms with Gasteiger partial charge in [0.1, 0.15) is 28.5 Å². The first-order valence-electron chi connectivity index (χ1n) is 13.7. The number of aliphatic hydroxyl groups is 1. The fourth-order valence-electron chi connectivity index (χ4n) is 6.38. The second kappa shape index (κ2) is 9.97. The second-order valence-electron chi connectivity index (χ2n) is 11.3. The Bertz CT molecular complexity index is 1700. The Labute approximate surface area is 242 Å². The molecule has 2 aromatic heterocycles. The van der Waals surface area contributed by atoms with Gasteiger partial charge in [0.2, 0.25) is 5.91 Å². The number of alkyl halides is 6. The van der Waals surface area contributed by atoms with Crippen molar-refractivity contribution in [3.8, 4) is 11.3 Å². The molecule has 4 atom stereocenters. The van der Waals surface area contributed by atoms with Crippen molar-refractivity contribution < 1.29 is 36.2 Å². The van der Waals surface area contributed by atoms with E-state index in [1.54, 1.807) is 34.9 Å². The number of hydrogen-bond donors (Lipinski definition) is 2. The summed E-state index contributed by atoms with van der Waals surface area (Å²) in [5.41, 5.74) is 5.53. The Morgan fingerprint density at radius 2 is 1.67 bits per heavy atom. The number of rotatable bonds is 4. The number of nitrogens with two attached hydrogens (primary N) is 1. The number of fused-ring (bicyclic) bond motifs is 2. The van der Waals surface area contributed by atoms with Crippen LogP contribution in [0, 0.1) is 5.92 Å². The molecule has 1 amide bonds. The fourth-order valence-corrected chi connectivity index (χ4v) is 6.38. The third kappa shape index (κ3) is 4.98. The van der Waals surface area contributed by atoms with Gasteiger partial charge in [-0.25, -0.2) is 9.97 Å². The van der Waals surface area contributed by atoms with Gasteiger partial charge in [0.15, 0.2) is 0 Å². The predicted molar refractivity (Wildman–Crippen MR) is 145 cm³/mol. The zero-order valence-electron chi connectivity index (χ0n) is 22.8. The quantitative estimate of drug-likeness (QED) is 0.283. The summed E-state index contributed by atoms with van der Waals surface area (Å²) in [6, 6.07) is 10.1. The molecule has 2 saturated heterocycles. The Morgan fingerprint density at radius 3 is 2.35 bits per heavy atom. The molecule has 13 heteroatoms. The van der Waals surface area contributed by atoms with Crippen LogP contribution in [0.5, 0.6) is 0 Å². The summed E-state index contributed by atoms with van der Waals surface area (Å²) in [6.45, 7) is 1.50. The molecule has 43 heavy (non-hydrogen) atoms. The minimum atomic E-state index is -4.56. The molecule has 0 bridgehead atoms. The van der Waals surface area contributed by atoms with E-state index in [4.69, 9.17) is 10.7 Å². The normalized spacial score (nSPS) is 22.6. The average Bonchev–Trinajstić information content (AvgIpc) is 3.52. The molecule has 6 rings (SSSR count). The van der Waals surface area contributed by atoms with Gasteiger partial charge in [-0.05, 0) is 43.0 Å². The van der Waals surface area contributed by atoms with Crippen LogP contribution >= 0.6 is 0 Å². The van der Waals surface area contributed by atoms with Gasteiger partial charge in [0.25, 0.3) is 0 Å². The van der Waals surface area contributed by atoms with Gasteiger partial charge >= 0.3 is 12.4 Å². The fraction of sp³-hybridized carbons (Fsp3) is 0.367. The number of carbonyl (C=O) groups excluding carboxylic acids is 1. The van der Waals surface area contributed by atoms with E-state index in [1.165, 1.54) is 30.2 Å². The largest absolute Gasteiger partial charge is 0.416 e. The third-order valence-electron chi connectivity index (χ3n) is 8.68. The first-order chi connectivity index (χ1) is 20.2. The Balaban J connectivity index is 1.33. The van der Waals surface area contributed by atoms with Gasteiger partial charge < -0.3 is 15.7 Å². The maximum atomic E-state index is 13.6. The lowest BCUT2D eigenvalue weighted by Gasteiger charge is -2.37. The molecule has 3 N–H and O–H groups in total. The summed E-state index contributed by atoms with van der Waals surface area (Å²) < 4.78 is 82.2. The maximum Gasteiger partial charge on any atom is 0.416 e. The Morgan fingerprint density at radius 1 is 0.977 bits per heavy atom. The van der Waals surface area contributed by atoms with E-state index < -0.39 is 47.8 Å². The van der Waals surface area contributed by atoms with E-state index in [9.17, 15) is 36.2 Å². The van der Waals surface area contributed by atoms with Gasteiger partial charge in [0, 0.05) is 42.9 Å². The van der Waals surface area contributed by atoms with Crippen molar-refractivity contribution in [1.82, 2.24) is 19.3 Å². The Kier molecular flexibility index (Phi) is 6.71. The van der Waals surface area contributed by atoms with Crippen LogP contribution in [0.25, 0.3) is 16.8 Å². The molecule has 0 aliphatic carbocycles. The summed E-state index contributed by atoms with van der Waals surface area (Å²) in [7, 11) is 0. The first kappa shape index (κ1) is 29.0. The summed E-state index contributed by atoms with van der Waals surface area (Å²) in [5, 5.41) is 11.2. The van der Waals surface area contributed by atoms with Crippen molar-refractivity contribution in [3.05, 3.63) is 83.4 Å². The van der Waals surface area contributed by atoms with E-state index in [1.807, 2.05) is 0 Å². The molecule has 7 nitrogen and oxygen atoms in total. The third-order valence-corrected chi connectivity index (χ3v) is 8.68. The number of hydrogen-bond acceptors (Lipinski definition) is 5. The van der Waals surface area contributed by atoms with Crippen LogP contribution in [0.2, 0.25) is 0 Å². The molecule has 0 spiro atoms. The van der Waals surface area contributed by atoms with Crippen molar-refractivity contribution in [2.75, 3.05) is 12.3 Å². The van der Waals surface area contributed by atoms with Crippen LogP contribution in [0.3, 0.4) is 0 Å². The van der Waals surface area contributed by atoms with Crippen LogP contribution in [0.4, 0.5) is 32.2 Å². The number of piperidine rings is 1. The molecule has 2 aliphatic heterocycles. The molecule has 2 fully saturated rings. The number of anilines is 1. The summed E-state index contributed by atoms with van der Waals surface area (Å²) in [6.07, 6.45) is -5.86. The smallest absolute Gasteiger partial charge is 0.382 e. The van der Waals surface area contributed by atoms with Crippen molar-refractivity contribution in [2.45, 2.75) is 56.1 Å². The van der Waals surface area contributed by atoms with E-state index >= 15 is 0 Å². The van der Waals surface area contributed by atoms with Crippen LogP contribution in [0.15, 0.2) is 60.9 Å². The number of benzene rings is 2. The van der Waals surface area contributed by atoms with Gasteiger partial charge in [0.05, 0.1) is 11.5 Å². The molecular formula is C30H27F6N5O2. The molecule has 2 aliphatic rings. The first-order valence-corrected chi connectivity index (χ1v) is 13.7. The van der Waals surface area contributed by atoms with Crippen LogP contribution in [-0.4, -0.2) is 49.0 Å². The van der Waals surface area contributed by atoms with Gasteiger partial charge in [-0.3, -0.25) is 9.20 Å². The second-order valence-corrected chi connectivity index (χ2v) is 11.3. The monoisotopic (exact) mass is 603 g/mol. The number of carbonyl (C=O) groups is 1. The van der Waals surface area contributed by atoms with Crippen molar-refractivity contribution >= 4 is 17.2 Å². The van der Waals surface area contributed by atoms with Crippen molar-refractivity contribution in [1.29, 1.82) is 0 Å². The van der Waals surface area contributed by atoms with Crippen molar-refractivity contribution in [3.63, 3.8) is 0 Å². The Hall–Kier alpha value is -4.13. The van der Waals surface area contributed by atoms with E-state index in [2.05, 4.69) is 4.98 Å². The molecule has 0 radical (unpaired) electrons. The molecular weight excluding hydrogens is 576 g/mol. The molecule has 4 heterocycles. The zero-order valence-corrected chi connectivity index (χ0v) is 22.8. The number of nitrogen functional groups attached to an aromatic ring is 1. The lowest BCUT2D eigenvalue weighted by Crippen LogP contribution is -2.45. The van der Waals surface area contributed by atoms with E-state index in [-0.39, 0.29) is 30.3 Å².